The number of hydrogen-bond donors (Lipinski definition) is 1. The SMILES string of the molecule is Cc1cc(N)cc(-n2cccn2)c1.Cl. The van der Waals surface area contributed by atoms with Crippen LogP contribution in [0.1, 0.15) is 5.56 Å². The number of rotatable bonds is 1. The number of nitrogens with two attached hydrogens (primary N) is 1. The van der Waals surface area contributed by atoms with Gasteiger partial charge in [-0.05, 0) is 36.8 Å². The molecule has 0 amide bonds. The zero-order valence-electron chi connectivity index (χ0n) is 7.84. The molecule has 1 heterocycles. The summed E-state index contributed by atoms with van der Waals surface area (Å²) in [6.45, 7) is 2.02. The van der Waals surface area contributed by atoms with Gasteiger partial charge < -0.3 is 5.73 Å². The number of aryl methyl sites for hydroxylation is 1. The van der Waals surface area contributed by atoms with Crippen molar-refractivity contribution in [3.05, 3.63) is 42.2 Å². The van der Waals surface area contributed by atoms with E-state index in [2.05, 4.69) is 5.10 Å². The molecule has 0 radical (unpaired) electrons. The van der Waals surface area contributed by atoms with Crippen molar-refractivity contribution >= 4 is 18.1 Å². The van der Waals surface area contributed by atoms with Crippen molar-refractivity contribution in [1.82, 2.24) is 9.78 Å². The summed E-state index contributed by atoms with van der Waals surface area (Å²) >= 11 is 0. The minimum atomic E-state index is 0. The maximum absolute atomic E-state index is 5.72. The van der Waals surface area contributed by atoms with Gasteiger partial charge in [-0.1, -0.05) is 0 Å². The predicted molar refractivity (Wildman–Crippen MR) is 60.0 cm³/mol. The van der Waals surface area contributed by atoms with Crippen molar-refractivity contribution in [2.75, 3.05) is 5.73 Å². The van der Waals surface area contributed by atoms with Crippen LogP contribution in [0.25, 0.3) is 5.69 Å². The van der Waals surface area contributed by atoms with Gasteiger partial charge in [0.15, 0.2) is 0 Å². The number of nitrogens with zero attached hydrogens (tertiary/aromatic N) is 2. The Labute approximate surface area is 89.0 Å². The molecule has 0 fully saturated rings. The lowest BCUT2D eigenvalue weighted by atomic mass is 10.2. The number of benzene rings is 1. The van der Waals surface area contributed by atoms with Gasteiger partial charge >= 0.3 is 0 Å². The van der Waals surface area contributed by atoms with Crippen LogP contribution in [0, 0.1) is 6.92 Å². The van der Waals surface area contributed by atoms with Crippen molar-refractivity contribution in [1.29, 1.82) is 0 Å². The normalized spacial score (nSPS) is 9.50. The van der Waals surface area contributed by atoms with Crippen LogP contribution in [-0.4, -0.2) is 9.78 Å². The van der Waals surface area contributed by atoms with E-state index in [1.165, 1.54) is 0 Å². The maximum atomic E-state index is 5.72. The van der Waals surface area contributed by atoms with E-state index in [-0.39, 0.29) is 12.4 Å². The van der Waals surface area contributed by atoms with Gasteiger partial charge in [-0.25, -0.2) is 4.68 Å². The fraction of sp³-hybridized carbons (Fsp3) is 0.100. The standard InChI is InChI=1S/C10H11N3.ClH/c1-8-5-9(11)7-10(6-8)13-4-2-3-12-13;/h2-7H,11H2,1H3;1H. The summed E-state index contributed by atoms with van der Waals surface area (Å²) in [6, 6.07) is 7.77. The molecule has 14 heavy (non-hydrogen) atoms. The Morgan fingerprint density at radius 2 is 2.07 bits per heavy atom. The molecule has 0 unspecified atom stereocenters. The third-order valence-corrected chi connectivity index (χ3v) is 1.85. The molecule has 2 rings (SSSR count). The van der Waals surface area contributed by atoms with E-state index >= 15 is 0 Å². The highest BCUT2D eigenvalue weighted by Gasteiger charge is 1.97. The zero-order chi connectivity index (χ0) is 9.26. The van der Waals surface area contributed by atoms with Crippen LogP contribution < -0.4 is 5.73 Å². The lowest BCUT2D eigenvalue weighted by Gasteiger charge is -2.03. The van der Waals surface area contributed by atoms with E-state index in [4.69, 9.17) is 5.73 Å². The van der Waals surface area contributed by atoms with E-state index in [9.17, 15) is 0 Å². The van der Waals surface area contributed by atoms with Gasteiger partial charge in [0, 0.05) is 18.1 Å². The van der Waals surface area contributed by atoms with Crippen LogP contribution in [0.2, 0.25) is 0 Å². The molecule has 0 saturated heterocycles. The predicted octanol–water partition coefficient (Wildman–Crippen LogP) is 2.18. The molecule has 0 aliphatic carbocycles. The molecule has 0 saturated carbocycles. The Kier molecular flexibility index (Phi) is 3.14. The first-order chi connectivity index (χ1) is 6.25. The lowest BCUT2D eigenvalue weighted by Crippen LogP contribution is -1.96. The third kappa shape index (κ3) is 2.06. The average molecular weight is 210 g/mol. The molecule has 1 aromatic heterocycles. The average Bonchev–Trinajstić information content (AvgIpc) is 2.53. The first-order valence-corrected chi connectivity index (χ1v) is 4.13. The molecule has 2 N–H and O–H groups in total. The topological polar surface area (TPSA) is 43.8 Å². The van der Waals surface area contributed by atoms with Crippen LogP contribution in [-0.2, 0) is 0 Å². The summed E-state index contributed by atoms with van der Waals surface area (Å²) < 4.78 is 1.80. The van der Waals surface area contributed by atoms with Gasteiger partial charge in [-0.15, -0.1) is 12.4 Å². The van der Waals surface area contributed by atoms with Crippen LogP contribution in [0.3, 0.4) is 0 Å². The molecule has 0 spiro atoms. The molecule has 0 bridgehead atoms. The smallest absolute Gasteiger partial charge is 0.0668 e. The molecular weight excluding hydrogens is 198 g/mol. The fourth-order valence-electron chi connectivity index (χ4n) is 1.35. The molecule has 1 aromatic carbocycles. The Bertz CT molecular complexity index is 389. The van der Waals surface area contributed by atoms with Gasteiger partial charge in [0.05, 0.1) is 5.69 Å². The summed E-state index contributed by atoms with van der Waals surface area (Å²) in [7, 11) is 0. The fourth-order valence-corrected chi connectivity index (χ4v) is 1.35. The highest BCUT2D eigenvalue weighted by atomic mass is 35.5. The summed E-state index contributed by atoms with van der Waals surface area (Å²) in [6.07, 6.45) is 3.65. The van der Waals surface area contributed by atoms with Gasteiger partial charge in [0.1, 0.15) is 0 Å². The highest BCUT2D eigenvalue weighted by Crippen LogP contribution is 2.14. The molecule has 0 aliphatic heterocycles. The minimum Gasteiger partial charge on any atom is -0.399 e. The summed E-state index contributed by atoms with van der Waals surface area (Å²) in [5.41, 5.74) is 8.64. The Morgan fingerprint density at radius 1 is 1.29 bits per heavy atom. The lowest BCUT2D eigenvalue weighted by molar-refractivity contribution is 0.879. The molecular formula is C10H12ClN3. The second-order valence-electron chi connectivity index (χ2n) is 3.05. The molecule has 4 heteroatoms. The number of hydrogen-bond acceptors (Lipinski definition) is 2. The Morgan fingerprint density at radius 3 is 2.64 bits per heavy atom. The Hall–Kier alpha value is -1.48. The molecule has 0 aliphatic rings. The third-order valence-electron chi connectivity index (χ3n) is 1.85. The van der Waals surface area contributed by atoms with Gasteiger partial charge in [-0.2, -0.15) is 5.10 Å². The number of nitrogen functional groups attached to an aromatic ring is 1. The summed E-state index contributed by atoms with van der Waals surface area (Å²) in [5.74, 6) is 0. The monoisotopic (exact) mass is 209 g/mol. The molecule has 2 aromatic rings. The van der Waals surface area contributed by atoms with Crippen molar-refractivity contribution in [3.8, 4) is 5.69 Å². The second kappa shape index (κ2) is 4.15. The molecule has 74 valence electrons. The summed E-state index contributed by atoms with van der Waals surface area (Å²) in [5, 5.41) is 4.13. The quantitative estimate of drug-likeness (QED) is 0.732. The van der Waals surface area contributed by atoms with Crippen LogP contribution in [0.4, 0.5) is 5.69 Å². The molecule has 3 nitrogen and oxygen atoms in total. The van der Waals surface area contributed by atoms with E-state index in [0.29, 0.717) is 0 Å². The largest absolute Gasteiger partial charge is 0.399 e. The minimum absolute atomic E-state index is 0. The number of anilines is 1. The van der Waals surface area contributed by atoms with Crippen molar-refractivity contribution in [2.45, 2.75) is 6.92 Å². The summed E-state index contributed by atoms with van der Waals surface area (Å²) in [4.78, 5) is 0. The number of aromatic nitrogens is 2. The second-order valence-corrected chi connectivity index (χ2v) is 3.05. The van der Waals surface area contributed by atoms with Crippen LogP contribution in [0.15, 0.2) is 36.7 Å². The zero-order valence-corrected chi connectivity index (χ0v) is 8.66. The van der Waals surface area contributed by atoms with E-state index in [1.807, 2.05) is 37.4 Å². The van der Waals surface area contributed by atoms with Gasteiger partial charge in [0.25, 0.3) is 0 Å². The van der Waals surface area contributed by atoms with E-state index in [0.717, 1.165) is 16.9 Å². The van der Waals surface area contributed by atoms with E-state index < -0.39 is 0 Å². The van der Waals surface area contributed by atoms with Crippen molar-refractivity contribution in [2.24, 2.45) is 0 Å². The van der Waals surface area contributed by atoms with Crippen molar-refractivity contribution in [3.63, 3.8) is 0 Å². The first kappa shape index (κ1) is 10.6. The van der Waals surface area contributed by atoms with E-state index in [1.54, 1.807) is 10.9 Å². The Balaban J connectivity index is 0.000000980. The van der Waals surface area contributed by atoms with Crippen molar-refractivity contribution < 1.29 is 0 Å². The van der Waals surface area contributed by atoms with Gasteiger partial charge in [-0.3, -0.25) is 0 Å². The first-order valence-electron chi connectivity index (χ1n) is 4.13. The number of halogens is 1. The van der Waals surface area contributed by atoms with Crippen LogP contribution >= 0.6 is 12.4 Å². The van der Waals surface area contributed by atoms with Crippen LogP contribution in [0.5, 0.6) is 0 Å². The highest BCUT2D eigenvalue weighted by molar-refractivity contribution is 5.85. The molecule has 0 atom stereocenters. The van der Waals surface area contributed by atoms with Gasteiger partial charge in [0.2, 0.25) is 0 Å². The maximum Gasteiger partial charge on any atom is 0.0668 e.